The van der Waals surface area contributed by atoms with Gasteiger partial charge in [0.15, 0.2) is 0 Å². The molecular formula is C16H13BrN2O2. The molecule has 0 spiro atoms. The van der Waals surface area contributed by atoms with Crippen molar-refractivity contribution in [2.75, 3.05) is 0 Å². The van der Waals surface area contributed by atoms with E-state index >= 15 is 0 Å². The molecule has 0 aliphatic rings. The minimum Gasteiger partial charge on any atom is -0.478 e. The molecular weight excluding hydrogens is 332 g/mol. The molecule has 4 nitrogen and oxygen atoms in total. The third kappa shape index (κ3) is 2.23. The van der Waals surface area contributed by atoms with Crippen molar-refractivity contribution in [3.8, 4) is 5.69 Å². The van der Waals surface area contributed by atoms with E-state index in [-0.39, 0.29) is 5.56 Å². The molecule has 0 bridgehead atoms. The Kier molecular flexibility index (Phi) is 3.29. The number of halogens is 1. The van der Waals surface area contributed by atoms with Crippen molar-refractivity contribution in [2.24, 2.45) is 0 Å². The summed E-state index contributed by atoms with van der Waals surface area (Å²) in [7, 11) is 0. The Morgan fingerprint density at radius 2 is 2.00 bits per heavy atom. The van der Waals surface area contributed by atoms with Crippen LogP contribution in [0, 0.1) is 13.8 Å². The van der Waals surface area contributed by atoms with Gasteiger partial charge in [-0.15, -0.1) is 0 Å². The van der Waals surface area contributed by atoms with Crippen molar-refractivity contribution < 1.29 is 9.90 Å². The quantitative estimate of drug-likeness (QED) is 0.761. The Morgan fingerprint density at radius 1 is 1.24 bits per heavy atom. The van der Waals surface area contributed by atoms with Gasteiger partial charge >= 0.3 is 5.97 Å². The van der Waals surface area contributed by atoms with Crippen molar-refractivity contribution >= 4 is 32.9 Å². The molecule has 0 fully saturated rings. The van der Waals surface area contributed by atoms with Crippen molar-refractivity contribution in [2.45, 2.75) is 13.8 Å². The molecule has 0 aliphatic carbocycles. The molecule has 0 radical (unpaired) electrons. The Bertz CT molecular complexity index is 868. The smallest absolute Gasteiger partial charge is 0.335 e. The highest BCUT2D eigenvalue weighted by Crippen LogP contribution is 2.28. The lowest BCUT2D eigenvalue weighted by Crippen LogP contribution is -2.01. The molecule has 21 heavy (non-hydrogen) atoms. The van der Waals surface area contributed by atoms with E-state index in [0.717, 1.165) is 32.6 Å². The van der Waals surface area contributed by atoms with Gasteiger partial charge in [-0.05, 0) is 49.7 Å². The average Bonchev–Trinajstić information content (AvgIpc) is 2.77. The number of aromatic carboxylic acids is 1. The van der Waals surface area contributed by atoms with Crippen molar-refractivity contribution in [1.82, 2.24) is 9.55 Å². The highest BCUT2D eigenvalue weighted by Gasteiger charge is 2.14. The minimum absolute atomic E-state index is 0.260. The molecule has 0 aliphatic heterocycles. The molecule has 0 atom stereocenters. The molecule has 0 saturated carbocycles. The van der Waals surface area contributed by atoms with Crippen LogP contribution in [0.5, 0.6) is 0 Å². The van der Waals surface area contributed by atoms with Crippen molar-refractivity contribution in [3.05, 3.63) is 57.8 Å². The lowest BCUT2D eigenvalue weighted by molar-refractivity contribution is 0.0697. The molecule has 2 aromatic carbocycles. The Labute approximate surface area is 130 Å². The first-order chi connectivity index (χ1) is 9.99. The number of rotatable bonds is 2. The number of carbonyl (C=O) groups is 1. The van der Waals surface area contributed by atoms with Crippen LogP contribution in [0.2, 0.25) is 0 Å². The highest BCUT2D eigenvalue weighted by atomic mass is 79.9. The third-order valence-electron chi connectivity index (χ3n) is 3.55. The molecule has 1 heterocycles. The number of carboxylic acid groups (broad SMARTS) is 1. The second-order valence-corrected chi connectivity index (χ2v) is 5.74. The van der Waals surface area contributed by atoms with E-state index in [1.165, 1.54) is 0 Å². The van der Waals surface area contributed by atoms with Crippen molar-refractivity contribution in [3.63, 3.8) is 0 Å². The zero-order valence-corrected chi connectivity index (χ0v) is 13.2. The topological polar surface area (TPSA) is 55.1 Å². The Hall–Kier alpha value is -2.14. The van der Waals surface area contributed by atoms with Crippen LogP contribution in [0.25, 0.3) is 16.7 Å². The van der Waals surface area contributed by atoms with Gasteiger partial charge in [-0.3, -0.25) is 4.57 Å². The fourth-order valence-electron chi connectivity index (χ4n) is 2.47. The van der Waals surface area contributed by atoms with Crippen LogP contribution in [0.1, 0.15) is 21.7 Å². The number of benzene rings is 2. The second-order valence-electron chi connectivity index (χ2n) is 4.89. The van der Waals surface area contributed by atoms with Crippen LogP contribution in [0.4, 0.5) is 0 Å². The van der Waals surface area contributed by atoms with Gasteiger partial charge < -0.3 is 5.11 Å². The first-order valence-electron chi connectivity index (χ1n) is 6.47. The van der Waals surface area contributed by atoms with Gasteiger partial charge in [0.2, 0.25) is 0 Å². The minimum atomic E-state index is -0.937. The fourth-order valence-corrected chi connectivity index (χ4v) is 2.83. The van der Waals surface area contributed by atoms with E-state index in [9.17, 15) is 9.90 Å². The van der Waals surface area contributed by atoms with E-state index in [1.807, 2.05) is 36.6 Å². The maximum atomic E-state index is 11.2. The van der Waals surface area contributed by atoms with E-state index in [2.05, 4.69) is 20.9 Å². The summed E-state index contributed by atoms with van der Waals surface area (Å²) in [6, 6.07) is 10.9. The normalized spacial score (nSPS) is 11.0. The lowest BCUT2D eigenvalue weighted by atomic mass is 10.1. The van der Waals surface area contributed by atoms with Gasteiger partial charge in [0.05, 0.1) is 22.3 Å². The Morgan fingerprint density at radius 3 is 2.71 bits per heavy atom. The first-order valence-corrected chi connectivity index (χ1v) is 7.26. The molecule has 0 saturated heterocycles. The summed E-state index contributed by atoms with van der Waals surface area (Å²) < 4.78 is 3.00. The van der Waals surface area contributed by atoms with E-state index in [4.69, 9.17) is 0 Å². The summed E-state index contributed by atoms with van der Waals surface area (Å²) >= 11 is 3.53. The maximum Gasteiger partial charge on any atom is 0.335 e. The molecule has 1 aromatic heterocycles. The first kappa shape index (κ1) is 13.8. The van der Waals surface area contributed by atoms with Crippen LogP contribution in [0.3, 0.4) is 0 Å². The summed E-state index contributed by atoms with van der Waals surface area (Å²) in [4.78, 5) is 15.7. The van der Waals surface area contributed by atoms with Gasteiger partial charge in [-0.2, -0.15) is 0 Å². The molecule has 5 heteroatoms. The maximum absolute atomic E-state index is 11.2. The van der Waals surface area contributed by atoms with Crippen molar-refractivity contribution in [1.29, 1.82) is 0 Å². The SMILES string of the molecule is Cc1c(Br)cccc1-n1c(C)nc2ccc(C(=O)O)cc21. The zero-order chi connectivity index (χ0) is 15.1. The number of fused-ring (bicyclic) bond motifs is 1. The molecule has 1 N–H and O–H groups in total. The summed E-state index contributed by atoms with van der Waals surface area (Å²) in [5.41, 5.74) is 3.93. The number of aryl methyl sites for hydroxylation is 1. The number of hydrogen-bond acceptors (Lipinski definition) is 2. The van der Waals surface area contributed by atoms with E-state index in [1.54, 1.807) is 18.2 Å². The van der Waals surface area contributed by atoms with Crippen LogP contribution >= 0.6 is 15.9 Å². The predicted octanol–water partition coefficient (Wildman–Crippen LogP) is 4.10. The van der Waals surface area contributed by atoms with Crippen LogP contribution < -0.4 is 0 Å². The fraction of sp³-hybridized carbons (Fsp3) is 0.125. The number of hydrogen-bond donors (Lipinski definition) is 1. The number of aromatic nitrogens is 2. The molecule has 3 rings (SSSR count). The highest BCUT2D eigenvalue weighted by molar-refractivity contribution is 9.10. The zero-order valence-electron chi connectivity index (χ0n) is 11.6. The van der Waals surface area contributed by atoms with Crippen LogP contribution in [-0.4, -0.2) is 20.6 Å². The van der Waals surface area contributed by atoms with Gasteiger partial charge in [0.25, 0.3) is 0 Å². The third-order valence-corrected chi connectivity index (χ3v) is 4.41. The molecule has 0 unspecified atom stereocenters. The largest absolute Gasteiger partial charge is 0.478 e. The standard InChI is InChI=1S/C16H13BrN2O2/c1-9-12(17)4-3-5-14(9)19-10(2)18-13-7-6-11(16(20)21)8-15(13)19/h3-8H,1-2H3,(H,20,21). The number of nitrogens with zero attached hydrogens (tertiary/aromatic N) is 2. The van der Waals surface area contributed by atoms with Gasteiger partial charge in [0, 0.05) is 4.47 Å². The molecule has 3 aromatic rings. The van der Waals surface area contributed by atoms with E-state index < -0.39 is 5.97 Å². The lowest BCUT2D eigenvalue weighted by Gasteiger charge is -2.11. The molecule has 0 amide bonds. The second kappa shape index (κ2) is 5.00. The summed E-state index contributed by atoms with van der Waals surface area (Å²) in [6.45, 7) is 3.94. The van der Waals surface area contributed by atoms with Gasteiger partial charge in [-0.1, -0.05) is 22.0 Å². The average molecular weight is 345 g/mol. The summed E-state index contributed by atoms with van der Waals surface area (Å²) in [5.74, 6) is -0.109. The van der Waals surface area contributed by atoms with Crippen LogP contribution in [0.15, 0.2) is 40.9 Å². The van der Waals surface area contributed by atoms with Gasteiger partial charge in [-0.25, -0.2) is 9.78 Å². The van der Waals surface area contributed by atoms with Gasteiger partial charge in [0.1, 0.15) is 5.82 Å². The monoisotopic (exact) mass is 344 g/mol. The van der Waals surface area contributed by atoms with E-state index in [0.29, 0.717) is 0 Å². The summed E-state index contributed by atoms with van der Waals surface area (Å²) in [6.07, 6.45) is 0. The summed E-state index contributed by atoms with van der Waals surface area (Å²) in [5, 5.41) is 9.17. The van der Waals surface area contributed by atoms with Crippen LogP contribution in [-0.2, 0) is 0 Å². The Balaban J connectivity index is 2.36. The predicted molar refractivity (Wildman–Crippen MR) is 85.2 cm³/mol. The molecule has 106 valence electrons. The number of carboxylic acids is 1. The number of imidazole rings is 1.